The number of aryl methyl sites for hydroxylation is 1. The van der Waals surface area contributed by atoms with E-state index >= 15 is 0 Å². The number of anilines is 1. The predicted octanol–water partition coefficient (Wildman–Crippen LogP) is 4.32. The van der Waals surface area contributed by atoms with Gasteiger partial charge >= 0.3 is 6.36 Å². The van der Waals surface area contributed by atoms with Crippen molar-refractivity contribution >= 4 is 5.69 Å². The van der Waals surface area contributed by atoms with Crippen LogP contribution in [0.4, 0.5) is 18.9 Å². The van der Waals surface area contributed by atoms with Crippen molar-refractivity contribution in [3.8, 4) is 28.9 Å². The Hall–Kier alpha value is -3.89. The molecule has 0 spiro atoms. The summed E-state index contributed by atoms with van der Waals surface area (Å²) in [6.07, 6.45) is -4.75. The van der Waals surface area contributed by atoms with Crippen molar-refractivity contribution in [2.75, 3.05) is 19.0 Å². The quantitative estimate of drug-likeness (QED) is 0.438. The molecule has 0 saturated heterocycles. The molecule has 4 aromatic rings. The van der Waals surface area contributed by atoms with Crippen molar-refractivity contribution in [1.29, 1.82) is 0 Å². The normalized spacial score (nSPS) is 11.6. The van der Waals surface area contributed by atoms with Crippen LogP contribution in [0.1, 0.15) is 11.4 Å². The van der Waals surface area contributed by atoms with Crippen molar-refractivity contribution < 1.29 is 22.4 Å². The lowest BCUT2D eigenvalue weighted by Crippen LogP contribution is -2.16. The fraction of sp³-hybridized carbons (Fsp3) is 0.238. The number of rotatable bonds is 6. The van der Waals surface area contributed by atoms with Crippen LogP contribution in [0.2, 0.25) is 0 Å². The second kappa shape index (κ2) is 8.33. The molecule has 8 nitrogen and oxygen atoms in total. The average Bonchev–Trinajstić information content (AvgIpc) is 3.35. The van der Waals surface area contributed by atoms with Crippen LogP contribution in [0.5, 0.6) is 5.75 Å². The maximum atomic E-state index is 12.3. The first kappa shape index (κ1) is 21.3. The molecule has 0 radical (unpaired) electrons. The Morgan fingerprint density at radius 3 is 2.47 bits per heavy atom. The molecule has 2 aromatic carbocycles. The van der Waals surface area contributed by atoms with E-state index in [4.69, 9.17) is 4.52 Å². The zero-order valence-corrected chi connectivity index (χ0v) is 17.5. The molecule has 0 amide bonds. The number of hydrogen-bond donors (Lipinski definition) is 0. The maximum absolute atomic E-state index is 12.3. The van der Waals surface area contributed by atoms with E-state index in [9.17, 15) is 13.2 Å². The monoisotopic (exact) mass is 444 g/mol. The van der Waals surface area contributed by atoms with Crippen LogP contribution in [-0.2, 0) is 6.54 Å². The highest BCUT2D eigenvalue weighted by Gasteiger charge is 2.31. The summed E-state index contributed by atoms with van der Waals surface area (Å²) in [6.45, 7) is 2.34. The van der Waals surface area contributed by atoms with Gasteiger partial charge in [0.05, 0.1) is 6.54 Å². The van der Waals surface area contributed by atoms with E-state index in [1.54, 1.807) is 4.68 Å². The van der Waals surface area contributed by atoms with E-state index < -0.39 is 6.36 Å². The van der Waals surface area contributed by atoms with E-state index in [0.29, 0.717) is 17.9 Å². The average molecular weight is 444 g/mol. The van der Waals surface area contributed by atoms with Crippen LogP contribution in [0, 0.1) is 6.92 Å². The lowest BCUT2D eigenvalue weighted by atomic mass is 10.2. The Balaban J connectivity index is 1.52. The Morgan fingerprint density at radius 2 is 1.78 bits per heavy atom. The molecule has 166 valence electrons. The van der Waals surface area contributed by atoms with E-state index in [2.05, 4.69) is 31.0 Å². The molecule has 0 N–H and O–H groups in total. The summed E-state index contributed by atoms with van der Waals surface area (Å²) in [5, 5.41) is 8.34. The summed E-state index contributed by atoms with van der Waals surface area (Å²) in [7, 11) is 3.95. The lowest BCUT2D eigenvalue weighted by Gasteiger charge is -2.13. The fourth-order valence-electron chi connectivity index (χ4n) is 3.00. The predicted molar refractivity (Wildman–Crippen MR) is 110 cm³/mol. The van der Waals surface area contributed by atoms with Gasteiger partial charge in [0.25, 0.3) is 5.89 Å². The summed E-state index contributed by atoms with van der Waals surface area (Å²) in [5.74, 6) is 0.913. The summed E-state index contributed by atoms with van der Waals surface area (Å²) in [6, 6.07) is 13.2. The first-order valence-electron chi connectivity index (χ1n) is 9.56. The third kappa shape index (κ3) is 4.88. The van der Waals surface area contributed by atoms with Crippen LogP contribution in [-0.4, -0.2) is 45.4 Å². The topological polar surface area (TPSA) is 82.1 Å². The standard InChI is InChI=1S/C21H19F3N6O2/c1-13-25-19(27-30(13)12-14-5-4-6-16(11-14)29(2)3)20-26-18(28-32-20)15-7-9-17(10-8-15)31-21(22,23)24/h4-11H,12H2,1-3H3. The minimum absolute atomic E-state index is 0.111. The minimum atomic E-state index is -4.75. The molecule has 4 rings (SSSR count). The van der Waals surface area contributed by atoms with E-state index in [1.807, 2.05) is 44.1 Å². The number of alkyl halides is 3. The van der Waals surface area contributed by atoms with E-state index in [-0.39, 0.29) is 23.3 Å². The number of nitrogens with zero attached hydrogens (tertiary/aromatic N) is 6. The molecule has 0 aliphatic rings. The molecule has 0 atom stereocenters. The van der Waals surface area contributed by atoms with Crippen LogP contribution in [0.15, 0.2) is 53.1 Å². The van der Waals surface area contributed by atoms with E-state index in [0.717, 1.165) is 11.3 Å². The van der Waals surface area contributed by atoms with Gasteiger partial charge in [0, 0.05) is 25.3 Å². The zero-order chi connectivity index (χ0) is 22.9. The molecule has 0 saturated carbocycles. The van der Waals surface area contributed by atoms with Gasteiger partial charge in [0.1, 0.15) is 11.6 Å². The van der Waals surface area contributed by atoms with Crippen LogP contribution >= 0.6 is 0 Å². The second-order valence-electron chi connectivity index (χ2n) is 7.20. The van der Waals surface area contributed by atoms with Gasteiger partial charge in [0.2, 0.25) is 11.6 Å². The minimum Gasteiger partial charge on any atom is -0.406 e. The molecule has 0 aliphatic carbocycles. The third-order valence-electron chi connectivity index (χ3n) is 4.58. The van der Waals surface area contributed by atoms with Gasteiger partial charge in [-0.2, -0.15) is 4.98 Å². The molecule has 0 bridgehead atoms. The zero-order valence-electron chi connectivity index (χ0n) is 17.5. The maximum Gasteiger partial charge on any atom is 0.573 e. The number of ether oxygens (including phenoxy) is 1. The Morgan fingerprint density at radius 1 is 1.03 bits per heavy atom. The molecule has 2 heterocycles. The Kier molecular flexibility index (Phi) is 5.56. The van der Waals surface area contributed by atoms with Gasteiger partial charge < -0.3 is 14.2 Å². The molecule has 0 fully saturated rings. The summed E-state index contributed by atoms with van der Waals surface area (Å²) in [4.78, 5) is 10.7. The molecule has 0 aliphatic heterocycles. The Bertz CT molecular complexity index is 1220. The van der Waals surface area contributed by atoms with Crippen molar-refractivity contribution in [3.63, 3.8) is 0 Å². The van der Waals surface area contributed by atoms with Crippen molar-refractivity contribution in [2.24, 2.45) is 0 Å². The SMILES string of the molecule is Cc1nc(-c2nc(-c3ccc(OC(F)(F)F)cc3)no2)nn1Cc1cccc(N(C)C)c1. The van der Waals surface area contributed by atoms with Gasteiger partial charge in [-0.15, -0.1) is 18.3 Å². The van der Waals surface area contributed by atoms with Gasteiger partial charge in [-0.3, -0.25) is 0 Å². The van der Waals surface area contributed by atoms with Crippen molar-refractivity contribution in [2.45, 2.75) is 19.8 Å². The summed E-state index contributed by atoms with van der Waals surface area (Å²) >= 11 is 0. The fourth-order valence-corrected chi connectivity index (χ4v) is 3.00. The number of hydrogen-bond acceptors (Lipinski definition) is 7. The molecule has 32 heavy (non-hydrogen) atoms. The number of benzene rings is 2. The van der Waals surface area contributed by atoms with Gasteiger partial charge in [-0.25, -0.2) is 9.67 Å². The molecule has 11 heteroatoms. The smallest absolute Gasteiger partial charge is 0.406 e. The highest BCUT2D eigenvalue weighted by atomic mass is 19.4. The third-order valence-corrected chi connectivity index (χ3v) is 4.58. The molecular weight excluding hydrogens is 425 g/mol. The van der Waals surface area contributed by atoms with Crippen LogP contribution < -0.4 is 9.64 Å². The van der Waals surface area contributed by atoms with Crippen molar-refractivity contribution in [3.05, 3.63) is 59.9 Å². The first-order chi connectivity index (χ1) is 15.2. The largest absolute Gasteiger partial charge is 0.573 e. The van der Waals surface area contributed by atoms with E-state index in [1.165, 1.54) is 24.3 Å². The van der Waals surface area contributed by atoms with Crippen LogP contribution in [0.3, 0.4) is 0 Å². The molecule has 0 unspecified atom stereocenters. The lowest BCUT2D eigenvalue weighted by molar-refractivity contribution is -0.274. The number of halogens is 3. The highest BCUT2D eigenvalue weighted by Crippen LogP contribution is 2.26. The van der Waals surface area contributed by atoms with Gasteiger partial charge in [-0.05, 0) is 48.9 Å². The van der Waals surface area contributed by atoms with Gasteiger partial charge in [0.15, 0.2) is 0 Å². The number of aromatic nitrogens is 5. The highest BCUT2D eigenvalue weighted by molar-refractivity contribution is 5.57. The Labute approximate surface area is 181 Å². The summed E-state index contributed by atoms with van der Waals surface area (Å²) < 4.78 is 47.8. The van der Waals surface area contributed by atoms with Crippen molar-refractivity contribution in [1.82, 2.24) is 24.9 Å². The molecule has 2 aromatic heterocycles. The molecular formula is C21H19F3N6O2. The summed E-state index contributed by atoms with van der Waals surface area (Å²) in [5.41, 5.74) is 2.60. The second-order valence-corrected chi connectivity index (χ2v) is 7.20. The van der Waals surface area contributed by atoms with Crippen LogP contribution in [0.25, 0.3) is 23.1 Å². The first-order valence-corrected chi connectivity index (χ1v) is 9.56. The van der Waals surface area contributed by atoms with Gasteiger partial charge in [-0.1, -0.05) is 17.3 Å².